The van der Waals surface area contributed by atoms with E-state index in [1.165, 1.54) is 0 Å². The summed E-state index contributed by atoms with van der Waals surface area (Å²) in [6.07, 6.45) is 2.57. The summed E-state index contributed by atoms with van der Waals surface area (Å²) in [5.74, 6) is 0.474. The Morgan fingerprint density at radius 3 is 2.28 bits per heavy atom. The monoisotopic (exact) mass is 277 g/mol. The zero-order chi connectivity index (χ0) is 13.2. The number of piperidine rings is 1. The van der Waals surface area contributed by atoms with Crippen LogP contribution in [0.4, 0.5) is 0 Å². The molecule has 2 heterocycles. The van der Waals surface area contributed by atoms with Gasteiger partial charge in [-0.2, -0.15) is 17.0 Å². The summed E-state index contributed by atoms with van der Waals surface area (Å²) in [6, 6.07) is 0. The zero-order valence-electron chi connectivity index (χ0n) is 10.9. The molecule has 6 nitrogen and oxygen atoms in total. The average molecular weight is 277 g/mol. The van der Waals surface area contributed by atoms with E-state index >= 15 is 0 Å². The van der Waals surface area contributed by atoms with Gasteiger partial charge >= 0.3 is 0 Å². The number of ether oxygens (including phenoxy) is 1. The summed E-state index contributed by atoms with van der Waals surface area (Å²) in [5.41, 5.74) is 5.62. The molecule has 0 spiro atoms. The van der Waals surface area contributed by atoms with Crippen LogP contribution in [0.15, 0.2) is 0 Å². The van der Waals surface area contributed by atoms with Gasteiger partial charge < -0.3 is 10.5 Å². The molecule has 0 amide bonds. The van der Waals surface area contributed by atoms with Crippen LogP contribution in [-0.2, 0) is 14.9 Å². The molecule has 0 aromatic carbocycles. The van der Waals surface area contributed by atoms with Crippen molar-refractivity contribution in [3.63, 3.8) is 0 Å². The van der Waals surface area contributed by atoms with Crippen molar-refractivity contribution >= 4 is 10.2 Å². The molecule has 2 aliphatic rings. The molecule has 1 atom stereocenters. The van der Waals surface area contributed by atoms with Gasteiger partial charge in [0.25, 0.3) is 10.2 Å². The van der Waals surface area contributed by atoms with Crippen LogP contribution >= 0.6 is 0 Å². The molecule has 0 bridgehead atoms. The molecular formula is C11H23N3O3S. The lowest BCUT2D eigenvalue weighted by atomic mass is 9.99. The van der Waals surface area contributed by atoms with Gasteiger partial charge in [-0.1, -0.05) is 0 Å². The number of rotatable bonds is 4. The van der Waals surface area contributed by atoms with Crippen molar-refractivity contribution in [2.24, 2.45) is 11.7 Å². The fraction of sp³-hybridized carbons (Fsp3) is 1.00. The molecule has 0 aromatic heterocycles. The summed E-state index contributed by atoms with van der Waals surface area (Å²) in [7, 11) is -1.66. The second-order valence-electron chi connectivity index (χ2n) is 5.09. The molecule has 0 aromatic rings. The topological polar surface area (TPSA) is 75.9 Å². The van der Waals surface area contributed by atoms with Gasteiger partial charge in [0.05, 0.1) is 6.10 Å². The van der Waals surface area contributed by atoms with E-state index in [9.17, 15) is 8.42 Å². The molecule has 18 heavy (non-hydrogen) atoms. The van der Waals surface area contributed by atoms with Crippen molar-refractivity contribution in [3.8, 4) is 0 Å². The standard InChI is InChI=1S/C11H23N3O3S/c1-17-11-4-7-14(9-11)18(15,16)13-5-2-10(8-12)3-6-13/h10-11H,2-9,12H2,1H3. The van der Waals surface area contributed by atoms with Crippen molar-refractivity contribution in [1.29, 1.82) is 0 Å². The molecule has 2 fully saturated rings. The molecule has 106 valence electrons. The van der Waals surface area contributed by atoms with E-state index in [1.54, 1.807) is 15.7 Å². The van der Waals surface area contributed by atoms with Gasteiger partial charge in [-0.05, 0) is 31.7 Å². The Morgan fingerprint density at radius 2 is 1.78 bits per heavy atom. The van der Waals surface area contributed by atoms with Crippen molar-refractivity contribution in [3.05, 3.63) is 0 Å². The smallest absolute Gasteiger partial charge is 0.282 e. The third-order valence-corrected chi connectivity index (χ3v) is 6.00. The molecule has 1 unspecified atom stereocenters. The molecular weight excluding hydrogens is 254 g/mol. The van der Waals surface area contributed by atoms with Crippen LogP contribution in [0, 0.1) is 5.92 Å². The van der Waals surface area contributed by atoms with Crippen LogP contribution in [0.25, 0.3) is 0 Å². The average Bonchev–Trinajstić information content (AvgIpc) is 2.88. The lowest BCUT2D eigenvalue weighted by molar-refractivity contribution is 0.114. The molecule has 7 heteroatoms. The SMILES string of the molecule is COC1CCN(S(=O)(=O)N2CCC(CN)CC2)C1. The van der Waals surface area contributed by atoms with Crippen LogP contribution in [-0.4, -0.2) is 63.0 Å². The van der Waals surface area contributed by atoms with E-state index < -0.39 is 10.2 Å². The maximum atomic E-state index is 12.4. The number of hydrogen-bond donors (Lipinski definition) is 1. The maximum absolute atomic E-state index is 12.4. The van der Waals surface area contributed by atoms with E-state index in [4.69, 9.17) is 10.5 Å². The Hall–Kier alpha value is -0.210. The van der Waals surface area contributed by atoms with Gasteiger partial charge in [0, 0.05) is 33.3 Å². The third kappa shape index (κ3) is 2.85. The van der Waals surface area contributed by atoms with Gasteiger partial charge in [-0.15, -0.1) is 0 Å². The van der Waals surface area contributed by atoms with Crippen LogP contribution in [0.2, 0.25) is 0 Å². The minimum Gasteiger partial charge on any atom is -0.380 e. The summed E-state index contributed by atoms with van der Waals surface area (Å²) in [6.45, 7) is 2.90. The normalized spacial score (nSPS) is 28.9. The minimum atomic E-state index is -3.29. The van der Waals surface area contributed by atoms with Gasteiger partial charge in [0.1, 0.15) is 0 Å². The third-order valence-electron chi connectivity index (χ3n) is 4.00. The molecule has 0 aliphatic carbocycles. The van der Waals surface area contributed by atoms with Crippen LogP contribution in [0.1, 0.15) is 19.3 Å². The van der Waals surface area contributed by atoms with Gasteiger partial charge in [-0.25, -0.2) is 0 Å². The number of nitrogens with zero attached hydrogens (tertiary/aromatic N) is 2. The Kier molecular flexibility index (Phi) is 4.60. The summed E-state index contributed by atoms with van der Waals surface area (Å²) in [5, 5.41) is 0. The summed E-state index contributed by atoms with van der Waals surface area (Å²) >= 11 is 0. The summed E-state index contributed by atoms with van der Waals surface area (Å²) < 4.78 is 33.2. The van der Waals surface area contributed by atoms with Gasteiger partial charge in [0.15, 0.2) is 0 Å². The molecule has 2 saturated heterocycles. The highest BCUT2D eigenvalue weighted by atomic mass is 32.2. The van der Waals surface area contributed by atoms with E-state index in [0.717, 1.165) is 19.3 Å². The Labute approximate surface area is 109 Å². The molecule has 2 N–H and O–H groups in total. The van der Waals surface area contributed by atoms with Gasteiger partial charge in [0.2, 0.25) is 0 Å². The quantitative estimate of drug-likeness (QED) is 0.760. The van der Waals surface area contributed by atoms with E-state index in [2.05, 4.69) is 0 Å². The zero-order valence-corrected chi connectivity index (χ0v) is 11.7. The predicted octanol–water partition coefficient (Wildman–Crippen LogP) is -0.377. The largest absolute Gasteiger partial charge is 0.380 e. The minimum absolute atomic E-state index is 0.0429. The first-order valence-corrected chi connectivity index (χ1v) is 7.95. The van der Waals surface area contributed by atoms with Crippen molar-refractivity contribution < 1.29 is 13.2 Å². The van der Waals surface area contributed by atoms with E-state index in [-0.39, 0.29) is 6.10 Å². The molecule has 0 radical (unpaired) electrons. The Bertz CT molecular complexity index is 366. The van der Waals surface area contributed by atoms with E-state index in [1.807, 2.05) is 0 Å². The fourth-order valence-corrected chi connectivity index (χ4v) is 4.33. The number of hydrogen-bond acceptors (Lipinski definition) is 4. The lowest BCUT2D eigenvalue weighted by Gasteiger charge is -2.33. The second-order valence-corrected chi connectivity index (χ2v) is 7.02. The van der Waals surface area contributed by atoms with Crippen molar-refractivity contribution in [2.75, 3.05) is 39.8 Å². The maximum Gasteiger partial charge on any atom is 0.282 e. The first-order valence-electron chi connectivity index (χ1n) is 6.56. The molecule has 0 saturated carbocycles. The highest BCUT2D eigenvalue weighted by Crippen LogP contribution is 2.23. The predicted molar refractivity (Wildman–Crippen MR) is 69.3 cm³/mol. The number of nitrogens with two attached hydrogens (primary N) is 1. The summed E-state index contributed by atoms with van der Waals surface area (Å²) in [4.78, 5) is 0. The van der Waals surface area contributed by atoms with Crippen LogP contribution in [0.3, 0.4) is 0 Å². The lowest BCUT2D eigenvalue weighted by Crippen LogP contribution is -2.47. The van der Waals surface area contributed by atoms with Crippen molar-refractivity contribution in [2.45, 2.75) is 25.4 Å². The highest BCUT2D eigenvalue weighted by molar-refractivity contribution is 7.86. The Morgan fingerprint density at radius 1 is 1.17 bits per heavy atom. The molecule has 2 aliphatic heterocycles. The fourth-order valence-electron chi connectivity index (χ4n) is 2.64. The molecule has 2 rings (SSSR count). The van der Waals surface area contributed by atoms with Crippen molar-refractivity contribution in [1.82, 2.24) is 8.61 Å². The van der Waals surface area contributed by atoms with Crippen LogP contribution in [0.5, 0.6) is 0 Å². The Balaban J connectivity index is 1.95. The van der Waals surface area contributed by atoms with E-state index in [0.29, 0.717) is 38.6 Å². The highest BCUT2D eigenvalue weighted by Gasteiger charge is 2.36. The first kappa shape index (κ1) is 14.2. The van der Waals surface area contributed by atoms with Gasteiger partial charge in [-0.3, -0.25) is 0 Å². The second kappa shape index (κ2) is 5.83. The number of methoxy groups -OCH3 is 1. The first-order chi connectivity index (χ1) is 8.57. The van der Waals surface area contributed by atoms with Crippen LogP contribution < -0.4 is 5.73 Å².